The van der Waals surface area contributed by atoms with E-state index < -0.39 is 0 Å². The molecule has 2 N–H and O–H groups in total. The molecule has 0 unspecified atom stereocenters. The molecule has 106 valence electrons. The van der Waals surface area contributed by atoms with E-state index in [1.54, 1.807) is 6.07 Å². The number of halogens is 2. The summed E-state index contributed by atoms with van der Waals surface area (Å²) in [7, 11) is 0. The van der Waals surface area contributed by atoms with Crippen LogP contribution in [0.1, 0.15) is 33.3 Å². The van der Waals surface area contributed by atoms with Crippen molar-refractivity contribution in [2.24, 2.45) is 4.99 Å². The Kier molecular flexibility index (Phi) is 5.79. The van der Waals surface area contributed by atoms with Gasteiger partial charge in [-0.15, -0.1) is 0 Å². The molecule has 0 fully saturated rings. The molecule has 0 amide bonds. The lowest BCUT2D eigenvalue weighted by Gasteiger charge is -2.23. The van der Waals surface area contributed by atoms with Gasteiger partial charge in [-0.05, 0) is 39.8 Å². The average Bonchev–Trinajstić information content (AvgIpc) is 2.26. The second-order valence-corrected chi connectivity index (χ2v) is 6.22. The number of hydrogen-bond donors (Lipinski definition) is 2. The fourth-order valence-electron chi connectivity index (χ4n) is 1.48. The number of benzene rings is 1. The maximum Gasteiger partial charge on any atom is 0.191 e. The van der Waals surface area contributed by atoms with Gasteiger partial charge in [0, 0.05) is 22.1 Å². The van der Waals surface area contributed by atoms with Crippen molar-refractivity contribution in [1.82, 2.24) is 10.6 Å². The van der Waals surface area contributed by atoms with Gasteiger partial charge in [-0.1, -0.05) is 22.0 Å². The number of nitrogens with one attached hydrogen (secondary N) is 2. The molecule has 0 radical (unpaired) electrons. The molecular formula is C14H21BrFN3. The highest BCUT2D eigenvalue weighted by Gasteiger charge is 2.11. The highest BCUT2D eigenvalue weighted by atomic mass is 79.9. The summed E-state index contributed by atoms with van der Waals surface area (Å²) in [5, 5.41) is 6.41. The lowest BCUT2D eigenvalue weighted by Crippen LogP contribution is -2.47. The zero-order valence-corrected chi connectivity index (χ0v) is 13.4. The Morgan fingerprint density at radius 3 is 2.58 bits per heavy atom. The predicted molar refractivity (Wildman–Crippen MR) is 81.8 cm³/mol. The summed E-state index contributed by atoms with van der Waals surface area (Å²) in [6, 6.07) is 5.01. The van der Waals surface area contributed by atoms with E-state index in [0.29, 0.717) is 18.1 Å². The molecule has 0 aliphatic heterocycles. The topological polar surface area (TPSA) is 36.4 Å². The maximum atomic E-state index is 13.7. The molecule has 1 aromatic rings. The van der Waals surface area contributed by atoms with E-state index in [1.807, 2.05) is 13.0 Å². The van der Waals surface area contributed by atoms with E-state index in [2.05, 4.69) is 52.3 Å². The molecule has 0 saturated carbocycles. The van der Waals surface area contributed by atoms with Crippen molar-refractivity contribution in [2.75, 3.05) is 6.54 Å². The fraction of sp³-hybridized carbons (Fsp3) is 0.500. The smallest absolute Gasteiger partial charge is 0.191 e. The van der Waals surface area contributed by atoms with Crippen molar-refractivity contribution in [2.45, 2.75) is 39.8 Å². The van der Waals surface area contributed by atoms with Crippen LogP contribution in [-0.2, 0) is 6.54 Å². The Hall–Kier alpha value is -1.10. The monoisotopic (exact) mass is 329 g/mol. The quantitative estimate of drug-likeness (QED) is 0.658. The van der Waals surface area contributed by atoms with Crippen LogP contribution in [0.25, 0.3) is 0 Å². The van der Waals surface area contributed by atoms with Crippen molar-refractivity contribution in [3.8, 4) is 0 Å². The van der Waals surface area contributed by atoms with Crippen LogP contribution in [0, 0.1) is 5.82 Å². The van der Waals surface area contributed by atoms with Crippen LogP contribution in [0.4, 0.5) is 4.39 Å². The number of nitrogens with zero attached hydrogens (tertiary/aromatic N) is 1. The molecule has 0 aliphatic carbocycles. The molecule has 0 atom stereocenters. The minimum absolute atomic E-state index is 0.0841. The molecule has 1 aromatic carbocycles. The average molecular weight is 330 g/mol. The van der Waals surface area contributed by atoms with Crippen LogP contribution >= 0.6 is 15.9 Å². The minimum Gasteiger partial charge on any atom is -0.357 e. The molecule has 0 aliphatic rings. The summed E-state index contributed by atoms with van der Waals surface area (Å²) >= 11 is 3.24. The predicted octanol–water partition coefficient (Wildman–Crippen LogP) is 3.44. The summed E-state index contributed by atoms with van der Waals surface area (Å²) in [5.74, 6) is 0.446. The van der Waals surface area contributed by atoms with E-state index >= 15 is 0 Å². The van der Waals surface area contributed by atoms with Crippen LogP contribution < -0.4 is 10.6 Å². The zero-order chi connectivity index (χ0) is 14.5. The lowest BCUT2D eigenvalue weighted by molar-refractivity contribution is 0.501. The van der Waals surface area contributed by atoms with Gasteiger partial charge in [-0.3, -0.25) is 0 Å². The molecule has 3 nitrogen and oxygen atoms in total. The largest absolute Gasteiger partial charge is 0.357 e. The SMILES string of the molecule is CCNC(=NCc1ccc(Br)cc1F)NC(C)(C)C. The molecule has 0 bridgehead atoms. The normalized spacial score (nSPS) is 12.4. The van der Waals surface area contributed by atoms with Gasteiger partial charge in [0.2, 0.25) is 0 Å². The summed E-state index contributed by atoms with van der Waals surface area (Å²) in [4.78, 5) is 4.40. The van der Waals surface area contributed by atoms with E-state index in [0.717, 1.165) is 11.0 Å². The fourth-order valence-corrected chi connectivity index (χ4v) is 1.81. The van der Waals surface area contributed by atoms with Crippen molar-refractivity contribution >= 4 is 21.9 Å². The van der Waals surface area contributed by atoms with Crippen molar-refractivity contribution < 1.29 is 4.39 Å². The van der Waals surface area contributed by atoms with Gasteiger partial charge >= 0.3 is 0 Å². The standard InChI is InChI=1S/C14H21BrFN3/c1-5-17-13(19-14(2,3)4)18-9-10-6-7-11(15)8-12(10)16/h6-8H,5,9H2,1-4H3,(H2,17,18,19). The third kappa shape index (κ3) is 6.05. The number of aliphatic imine (C=N–C) groups is 1. The van der Waals surface area contributed by atoms with Gasteiger partial charge in [-0.2, -0.15) is 0 Å². The van der Waals surface area contributed by atoms with Crippen molar-refractivity contribution in [1.29, 1.82) is 0 Å². The van der Waals surface area contributed by atoms with Crippen molar-refractivity contribution in [3.05, 3.63) is 34.1 Å². The van der Waals surface area contributed by atoms with E-state index in [1.165, 1.54) is 6.07 Å². The molecule has 0 saturated heterocycles. The Morgan fingerprint density at radius 1 is 1.37 bits per heavy atom. The first-order valence-electron chi connectivity index (χ1n) is 6.32. The van der Waals surface area contributed by atoms with Crippen LogP contribution in [-0.4, -0.2) is 18.0 Å². The highest BCUT2D eigenvalue weighted by Crippen LogP contribution is 2.15. The van der Waals surface area contributed by atoms with E-state index in [-0.39, 0.29) is 11.4 Å². The molecule has 0 heterocycles. The summed E-state index contributed by atoms with van der Waals surface area (Å²) < 4.78 is 14.4. The summed E-state index contributed by atoms with van der Waals surface area (Å²) in [6.07, 6.45) is 0. The first-order chi connectivity index (χ1) is 8.81. The first kappa shape index (κ1) is 16.0. The van der Waals surface area contributed by atoms with E-state index in [9.17, 15) is 4.39 Å². The van der Waals surface area contributed by atoms with Gasteiger partial charge in [0.25, 0.3) is 0 Å². The molecular weight excluding hydrogens is 309 g/mol. The molecule has 0 spiro atoms. The zero-order valence-electron chi connectivity index (χ0n) is 11.8. The van der Waals surface area contributed by atoms with Gasteiger partial charge < -0.3 is 10.6 Å². The highest BCUT2D eigenvalue weighted by molar-refractivity contribution is 9.10. The van der Waals surface area contributed by atoms with Crippen LogP contribution in [0.3, 0.4) is 0 Å². The van der Waals surface area contributed by atoms with Gasteiger partial charge in [-0.25, -0.2) is 9.38 Å². The maximum absolute atomic E-state index is 13.7. The Labute approximate surface area is 122 Å². The second kappa shape index (κ2) is 6.89. The minimum atomic E-state index is -0.246. The molecule has 5 heteroatoms. The third-order valence-corrected chi connectivity index (χ3v) is 2.75. The van der Waals surface area contributed by atoms with Gasteiger partial charge in [0.1, 0.15) is 5.82 Å². The second-order valence-electron chi connectivity index (χ2n) is 5.31. The lowest BCUT2D eigenvalue weighted by atomic mass is 10.1. The number of guanidine groups is 1. The summed E-state index contributed by atoms with van der Waals surface area (Å²) in [6.45, 7) is 9.25. The first-order valence-corrected chi connectivity index (χ1v) is 7.11. The molecule has 0 aromatic heterocycles. The van der Waals surface area contributed by atoms with E-state index in [4.69, 9.17) is 0 Å². The summed E-state index contributed by atoms with van der Waals surface area (Å²) in [5.41, 5.74) is 0.494. The molecule has 19 heavy (non-hydrogen) atoms. The van der Waals surface area contributed by atoms with Gasteiger partial charge in [0.05, 0.1) is 6.54 Å². The third-order valence-electron chi connectivity index (χ3n) is 2.26. The number of hydrogen-bond acceptors (Lipinski definition) is 1. The Morgan fingerprint density at radius 2 is 2.05 bits per heavy atom. The number of rotatable bonds is 3. The van der Waals surface area contributed by atoms with Crippen LogP contribution in [0.2, 0.25) is 0 Å². The Bertz CT molecular complexity index is 452. The molecule has 1 rings (SSSR count). The van der Waals surface area contributed by atoms with Crippen LogP contribution in [0.5, 0.6) is 0 Å². The Balaban J connectivity index is 2.79. The van der Waals surface area contributed by atoms with Crippen molar-refractivity contribution in [3.63, 3.8) is 0 Å². The van der Waals surface area contributed by atoms with Gasteiger partial charge in [0.15, 0.2) is 5.96 Å². The van der Waals surface area contributed by atoms with Crippen LogP contribution in [0.15, 0.2) is 27.7 Å².